The number of benzene rings is 3. The van der Waals surface area contributed by atoms with Crippen molar-refractivity contribution < 1.29 is 22.7 Å². The molecule has 1 aromatic heterocycles. The summed E-state index contributed by atoms with van der Waals surface area (Å²) in [6.45, 7) is 0. The van der Waals surface area contributed by atoms with E-state index in [2.05, 4.69) is 15.5 Å². The highest BCUT2D eigenvalue weighted by Gasteiger charge is 2.30. The van der Waals surface area contributed by atoms with Gasteiger partial charge in [-0.25, -0.2) is 0 Å². The van der Waals surface area contributed by atoms with Crippen molar-refractivity contribution in [2.75, 3.05) is 5.32 Å². The van der Waals surface area contributed by atoms with E-state index in [0.717, 1.165) is 23.5 Å². The number of hydrogen-bond acceptors (Lipinski definition) is 5. The number of nitrogens with zero attached hydrogens (tertiary/aromatic N) is 2. The molecule has 0 aliphatic carbocycles. The van der Waals surface area contributed by atoms with Crippen LogP contribution in [0.5, 0.6) is 11.5 Å². The molecular weight excluding hydrogens is 463 g/mol. The predicted molar refractivity (Wildman–Crippen MR) is 116 cm³/mol. The van der Waals surface area contributed by atoms with Gasteiger partial charge in [0.25, 0.3) is 5.91 Å². The molecule has 0 spiro atoms. The van der Waals surface area contributed by atoms with Gasteiger partial charge in [-0.3, -0.25) is 10.1 Å². The molecule has 162 valence electrons. The van der Waals surface area contributed by atoms with E-state index in [9.17, 15) is 18.0 Å². The van der Waals surface area contributed by atoms with Crippen LogP contribution in [0.4, 0.5) is 18.3 Å². The Morgan fingerprint density at radius 2 is 1.66 bits per heavy atom. The zero-order valence-corrected chi connectivity index (χ0v) is 17.6. The number of carbonyl (C=O) groups excluding carboxylic acids is 1. The molecule has 3 aromatic carbocycles. The minimum absolute atomic E-state index is 0.0590. The fraction of sp³-hybridized carbons (Fsp3) is 0.0455. The molecule has 0 atom stereocenters. The van der Waals surface area contributed by atoms with Crippen LogP contribution in [-0.2, 0) is 6.18 Å². The summed E-state index contributed by atoms with van der Waals surface area (Å²) >= 11 is 7.05. The Kier molecular flexibility index (Phi) is 6.11. The van der Waals surface area contributed by atoms with Crippen molar-refractivity contribution in [2.24, 2.45) is 0 Å². The van der Waals surface area contributed by atoms with E-state index < -0.39 is 11.7 Å². The fourth-order valence-corrected chi connectivity index (χ4v) is 3.68. The molecular formula is C22H13ClF3N3O2S. The lowest BCUT2D eigenvalue weighted by molar-refractivity contribution is -0.137. The van der Waals surface area contributed by atoms with Gasteiger partial charge in [0.15, 0.2) is 0 Å². The molecule has 0 fully saturated rings. The first kappa shape index (κ1) is 21.8. The average molecular weight is 476 g/mol. The van der Waals surface area contributed by atoms with Gasteiger partial charge < -0.3 is 4.74 Å². The predicted octanol–water partition coefficient (Wildman–Crippen LogP) is 6.92. The first-order valence-corrected chi connectivity index (χ1v) is 10.3. The van der Waals surface area contributed by atoms with Crippen molar-refractivity contribution in [3.05, 3.63) is 88.9 Å². The van der Waals surface area contributed by atoms with Crippen LogP contribution in [0.1, 0.15) is 15.9 Å². The zero-order chi connectivity index (χ0) is 22.7. The van der Waals surface area contributed by atoms with Crippen molar-refractivity contribution >= 4 is 34.0 Å². The van der Waals surface area contributed by atoms with Crippen molar-refractivity contribution in [3.8, 4) is 22.1 Å². The number of anilines is 1. The summed E-state index contributed by atoms with van der Waals surface area (Å²) in [7, 11) is 0. The van der Waals surface area contributed by atoms with Gasteiger partial charge in [-0.15, -0.1) is 10.2 Å². The largest absolute Gasteiger partial charge is 0.457 e. The highest BCUT2D eigenvalue weighted by molar-refractivity contribution is 7.18. The van der Waals surface area contributed by atoms with E-state index >= 15 is 0 Å². The quantitative estimate of drug-likeness (QED) is 0.340. The van der Waals surface area contributed by atoms with Gasteiger partial charge in [0.05, 0.1) is 5.56 Å². The fourth-order valence-electron chi connectivity index (χ4n) is 2.75. The lowest BCUT2D eigenvalue weighted by Gasteiger charge is -2.10. The number of alkyl halides is 3. The molecule has 4 aromatic rings. The van der Waals surface area contributed by atoms with Gasteiger partial charge >= 0.3 is 6.18 Å². The molecule has 0 saturated heterocycles. The molecule has 1 amide bonds. The second kappa shape index (κ2) is 8.97. The van der Waals surface area contributed by atoms with Crippen LogP contribution in [0.25, 0.3) is 10.6 Å². The van der Waals surface area contributed by atoms with E-state index in [-0.39, 0.29) is 16.8 Å². The van der Waals surface area contributed by atoms with Gasteiger partial charge in [-0.1, -0.05) is 47.2 Å². The standard InChI is InChI=1S/C22H13ClF3N3O2S/c23-16-7-1-4-13(10-16)19(30)27-21-29-28-20(32-21)14-5-2-8-17(11-14)31-18-9-3-6-15(12-18)22(24,25)26/h1-12H,(H,27,29,30). The maximum absolute atomic E-state index is 12.9. The van der Waals surface area contributed by atoms with Gasteiger partial charge in [0, 0.05) is 16.1 Å². The molecule has 0 saturated carbocycles. The Hall–Kier alpha value is -3.43. The van der Waals surface area contributed by atoms with Crippen LogP contribution in [0, 0.1) is 0 Å². The van der Waals surface area contributed by atoms with Crippen LogP contribution in [0.15, 0.2) is 72.8 Å². The second-order valence-corrected chi connectivity index (χ2v) is 7.95. The molecule has 0 aliphatic rings. The van der Waals surface area contributed by atoms with Gasteiger partial charge in [-0.2, -0.15) is 13.2 Å². The zero-order valence-electron chi connectivity index (χ0n) is 16.1. The molecule has 0 unspecified atom stereocenters. The van der Waals surface area contributed by atoms with Crippen molar-refractivity contribution in [1.29, 1.82) is 0 Å². The Morgan fingerprint density at radius 1 is 0.938 bits per heavy atom. The summed E-state index contributed by atoms with van der Waals surface area (Å²) in [5.41, 5.74) is 0.219. The molecule has 5 nitrogen and oxygen atoms in total. The number of aromatic nitrogens is 2. The molecule has 4 rings (SSSR count). The lowest BCUT2D eigenvalue weighted by atomic mass is 10.2. The highest BCUT2D eigenvalue weighted by atomic mass is 35.5. The Bertz CT molecular complexity index is 1280. The molecule has 10 heteroatoms. The van der Waals surface area contributed by atoms with Gasteiger partial charge in [0.1, 0.15) is 16.5 Å². The number of nitrogens with one attached hydrogen (secondary N) is 1. The summed E-state index contributed by atoms with van der Waals surface area (Å²) in [6.07, 6.45) is -4.46. The van der Waals surface area contributed by atoms with Crippen LogP contribution >= 0.6 is 22.9 Å². The van der Waals surface area contributed by atoms with Crippen molar-refractivity contribution in [3.63, 3.8) is 0 Å². The summed E-state index contributed by atoms with van der Waals surface area (Å²) in [5.74, 6) is 0.0158. The molecule has 0 aliphatic heterocycles. The Labute approximate surface area is 189 Å². The van der Waals surface area contributed by atoms with E-state index in [4.69, 9.17) is 16.3 Å². The van der Waals surface area contributed by atoms with E-state index in [1.165, 1.54) is 18.2 Å². The van der Waals surface area contributed by atoms with E-state index in [1.807, 2.05) is 0 Å². The normalized spacial score (nSPS) is 11.2. The van der Waals surface area contributed by atoms with Gasteiger partial charge in [0.2, 0.25) is 5.13 Å². The van der Waals surface area contributed by atoms with Crippen molar-refractivity contribution in [1.82, 2.24) is 10.2 Å². The monoisotopic (exact) mass is 475 g/mol. The van der Waals surface area contributed by atoms with Crippen LogP contribution in [-0.4, -0.2) is 16.1 Å². The Morgan fingerprint density at radius 3 is 2.41 bits per heavy atom. The first-order valence-electron chi connectivity index (χ1n) is 9.14. The summed E-state index contributed by atoms with van der Waals surface area (Å²) < 4.78 is 44.3. The number of rotatable bonds is 5. The summed E-state index contributed by atoms with van der Waals surface area (Å²) in [4.78, 5) is 12.3. The number of ether oxygens (including phenoxy) is 1. The maximum atomic E-state index is 12.9. The molecule has 0 bridgehead atoms. The van der Waals surface area contributed by atoms with Gasteiger partial charge in [-0.05, 0) is 48.5 Å². The molecule has 32 heavy (non-hydrogen) atoms. The minimum atomic E-state index is -4.46. The summed E-state index contributed by atoms with van der Waals surface area (Å²) in [5, 5.41) is 11.9. The molecule has 1 N–H and O–H groups in total. The number of hydrogen-bond donors (Lipinski definition) is 1. The van der Waals surface area contributed by atoms with E-state index in [0.29, 0.717) is 26.9 Å². The maximum Gasteiger partial charge on any atom is 0.416 e. The third-order valence-corrected chi connectivity index (χ3v) is 5.33. The van der Waals surface area contributed by atoms with Crippen LogP contribution < -0.4 is 10.1 Å². The Balaban J connectivity index is 1.49. The molecule has 1 heterocycles. The number of halogens is 4. The third-order valence-electron chi connectivity index (χ3n) is 4.21. The lowest BCUT2D eigenvalue weighted by Crippen LogP contribution is -2.11. The summed E-state index contributed by atoms with van der Waals surface area (Å²) in [6, 6.07) is 17.8. The third kappa shape index (κ3) is 5.24. The first-order chi connectivity index (χ1) is 15.3. The number of carbonyl (C=O) groups is 1. The average Bonchev–Trinajstić information content (AvgIpc) is 3.22. The topological polar surface area (TPSA) is 64.1 Å². The smallest absolute Gasteiger partial charge is 0.416 e. The van der Waals surface area contributed by atoms with E-state index in [1.54, 1.807) is 42.5 Å². The second-order valence-electron chi connectivity index (χ2n) is 6.53. The van der Waals surface area contributed by atoms with Crippen molar-refractivity contribution in [2.45, 2.75) is 6.18 Å². The highest BCUT2D eigenvalue weighted by Crippen LogP contribution is 2.34. The van der Waals surface area contributed by atoms with Crippen LogP contribution in [0.3, 0.4) is 0 Å². The van der Waals surface area contributed by atoms with Crippen LogP contribution in [0.2, 0.25) is 5.02 Å². The minimum Gasteiger partial charge on any atom is -0.457 e. The number of amides is 1. The molecule has 0 radical (unpaired) electrons. The SMILES string of the molecule is O=C(Nc1nnc(-c2cccc(Oc3cccc(C(F)(F)F)c3)c2)s1)c1cccc(Cl)c1.